The molecular formula is C11H11FN2O3. The number of carbonyl (C=O) groups excluding carboxylic acids is 1. The van der Waals surface area contributed by atoms with Crippen LogP contribution in [0, 0.1) is 5.82 Å². The number of amides is 2. The first-order valence-electron chi connectivity index (χ1n) is 5.17. The smallest absolute Gasteiger partial charge is 0.337 e. The first-order valence-corrected chi connectivity index (χ1v) is 5.17. The fourth-order valence-corrected chi connectivity index (χ4v) is 1.39. The van der Waals surface area contributed by atoms with Crippen LogP contribution in [-0.2, 0) is 0 Å². The molecule has 1 saturated carbocycles. The predicted molar refractivity (Wildman–Crippen MR) is 58.5 cm³/mol. The second kappa shape index (κ2) is 4.40. The Balaban J connectivity index is 2.17. The van der Waals surface area contributed by atoms with Crippen molar-refractivity contribution in [1.82, 2.24) is 5.32 Å². The van der Waals surface area contributed by atoms with Gasteiger partial charge in [-0.2, -0.15) is 0 Å². The summed E-state index contributed by atoms with van der Waals surface area (Å²) >= 11 is 0. The lowest BCUT2D eigenvalue weighted by molar-refractivity contribution is 0.0697. The van der Waals surface area contributed by atoms with E-state index >= 15 is 0 Å². The van der Waals surface area contributed by atoms with Crippen molar-refractivity contribution in [3.05, 3.63) is 29.6 Å². The van der Waals surface area contributed by atoms with Gasteiger partial charge in [0, 0.05) is 6.04 Å². The summed E-state index contributed by atoms with van der Waals surface area (Å²) in [7, 11) is 0. The first kappa shape index (κ1) is 11.4. The van der Waals surface area contributed by atoms with E-state index in [0.717, 1.165) is 18.9 Å². The van der Waals surface area contributed by atoms with E-state index in [0.29, 0.717) is 0 Å². The summed E-state index contributed by atoms with van der Waals surface area (Å²) in [6.45, 7) is 0. The Morgan fingerprint density at radius 1 is 1.35 bits per heavy atom. The van der Waals surface area contributed by atoms with E-state index in [4.69, 9.17) is 5.11 Å². The number of benzene rings is 1. The van der Waals surface area contributed by atoms with E-state index in [1.54, 1.807) is 0 Å². The molecule has 0 heterocycles. The number of urea groups is 1. The van der Waals surface area contributed by atoms with Crippen molar-refractivity contribution in [3.8, 4) is 0 Å². The highest BCUT2D eigenvalue weighted by atomic mass is 19.1. The second-order valence-electron chi connectivity index (χ2n) is 3.84. The first-order chi connectivity index (χ1) is 8.08. The number of rotatable bonds is 3. The highest BCUT2D eigenvalue weighted by Gasteiger charge is 2.24. The molecule has 90 valence electrons. The highest BCUT2D eigenvalue weighted by Crippen LogP contribution is 2.21. The fourth-order valence-electron chi connectivity index (χ4n) is 1.39. The van der Waals surface area contributed by atoms with Crippen LogP contribution < -0.4 is 10.6 Å². The summed E-state index contributed by atoms with van der Waals surface area (Å²) in [5.41, 5.74) is -0.575. The molecule has 17 heavy (non-hydrogen) atoms. The molecular weight excluding hydrogens is 227 g/mol. The van der Waals surface area contributed by atoms with Gasteiger partial charge < -0.3 is 15.7 Å². The van der Waals surface area contributed by atoms with Crippen molar-refractivity contribution in [1.29, 1.82) is 0 Å². The summed E-state index contributed by atoms with van der Waals surface area (Å²) in [4.78, 5) is 22.3. The zero-order valence-corrected chi connectivity index (χ0v) is 8.87. The van der Waals surface area contributed by atoms with Gasteiger partial charge in [-0.05, 0) is 25.0 Å². The molecule has 0 radical (unpaired) electrons. The number of carboxylic acids is 1. The van der Waals surface area contributed by atoms with Crippen LogP contribution in [0.3, 0.4) is 0 Å². The van der Waals surface area contributed by atoms with Gasteiger partial charge in [-0.3, -0.25) is 0 Å². The highest BCUT2D eigenvalue weighted by molar-refractivity contribution is 6.00. The molecule has 0 atom stereocenters. The topological polar surface area (TPSA) is 78.4 Å². The normalized spacial score (nSPS) is 14.2. The van der Waals surface area contributed by atoms with Gasteiger partial charge in [0.25, 0.3) is 0 Å². The third-order valence-corrected chi connectivity index (χ3v) is 2.40. The summed E-state index contributed by atoms with van der Waals surface area (Å²) in [5, 5.41) is 13.7. The molecule has 6 heteroatoms. The number of halogens is 1. The Labute approximate surface area is 96.6 Å². The van der Waals surface area contributed by atoms with Crippen molar-refractivity contribution in [2.24, 2.45) is 0 Å². The lowest BCUT2D eigenvalue weighted by Crippen LogP contribution is -2.31. The zero-order chi connectivity index (χ0) is 12.4. The lowest BCUT2D eigenvalue weighted by atomic mass is 10.1. The summed E-state index contributed by atoms with van der Waals surface area (Å²) in [6, 6.07) is 3.15. The maximum Gasteiger partial charge on any atom is 0.337 e. The zero-order valence-electron chi connectivity index (χ0n) is 8.87. The molecule has 2 rings (SSSR count). The van der Waals surface area contributed by atoms with Crippen molar-refractivity contribution >= 4 is 17.7 Å². The molecule has 1 aliphatic rings. The quantitative estimate of drug-likeness (QED) is 0.751. The Morgan fingerprint density at radius 3 is 2.65 bits per heavy atom. The van der Waals surface area contributed by atoms with E-state index in [-0.39, 0.29) is 17.3 Å². The molecule has 1 aromatic rings. The predicted octanol–water partition coefficient (Wildman–Crippen LogP) is 1.81. The Kier molecular flexibility index (Phi) is 2.95. The number of hydrogen-bond donors (Lipinski definition) is 3. The van der Waals surface area contributed by atoms with E-state index in [1.807, 2.05) is 0 Å². The summed E-state index contributed by atoms with van der Waals surface area (Å²) < 4.78 is 13.4. The van der Waals surface area contributed by atoms with Gasteiger partial charge in [0.1, 0.15) is 5.82 Å². The van der Waals surface area contributed by atoms with Crippen molar-refractivity contribution < 1.29 is 19.1 Å². The summed E-state index contributed by atoms with van der Waals surface area (Å²) in [6.07, 6.45) is 1.80. The van der Waals surface area contributed by atoms with Gasteiger partial charge in [-0.1, -0.05) is 6.07 Å². The fraction of sp³-hybridized carbons (Fsp3) is 0.273. The Bertz CT molecular complexity index is 472. The second-order valence-corrected chi connectivity index (χ2v) is 3.84. The number of para-hydroxylation sites is 1. The van der Waals surface area contributed by atoms with Gasteiger partial charge in [0.2, 0.25) is 0 Å². The number of nitrogens with one attached hydrogen (secondary N) is 2. The average molecular weight is 238 g/mol. The van der Waals surface area contributed by atoms with Gasteiger partial charge in [-0.15, -0.1) is 0 Å². The minimum absolute atomic E-state index is 0.120. The molecule has 1 aromatic carbocycles. The van der Waals surface area contributed by atoms with Crippen LogP contribution >= 0.6 is 0 Å². The average Bonchev–Trinajstić information content (AvgIpc) is 3.04. The molecule has 0 aliphatic heterocycles. The third kappa shape index (κ3) is 2.72. The minimum atomic E-state index is -1.29. The van der Waals surface area contributed by atoms with E-state index in [2.05, 4.69) is 10.6 Å². The van der Waals surface area contributed by atoms with Gasteiger partial charge in [0.15, 0.2) is 0 Å². The number of anilines is 1. The molecule has 0 aromatic heterocycles. The van der Waals surface area contributed by atoms with Crippen LogP contribution in [0.1, 0.15) is 23.2 Å². The van der Waals surface area contributed by atoms with Gasteiger partial charge >= 0.3 is 12.0 Å². The van der Waals surface area contributed by atoms with Crippen molar-refractivity contribution in [3.63, 3.8) is 0 Å². The number of aromatic carboxylic acids is 1. The molecule has 3 N–H and O–H groups in total. The molecule has 5 nitrogen and oxygen atoms in total. The molecule has 0 spiro atoms. The van der Waals surface area contributed by atoms with Gasteiger partial charge in [-0.25, -0.2) is 14.0 Å². The van der Waals surface area contributed by atoms with Crippen LogP contribution in [-0.4, -0.2) is 23.1 Å². The van der Waals surface area contributed by atoms with Crippen LogP contribution in [0.4, 0.5) is 14.9 Å². The van der Waals surface area contributed by atoms with Crippen LogP contribution in [0.2, 0.25) is 0 Å². The van der Waals surface area contributed by atoms with Crippen molar-refractivity contribution in [2.45, 2.75) is 18.9 Å². The van der Waals surface area contributed by atoms with E-state index in [9.17, 15) is 14.0 Å². The molecule has 1 aliphatic carbocycles. The van der Waals surface area contributed by atoms with E-state index in [1.165, 1.54) is 12.1 Å². The molecule has 0 saturated heterocycles. The Hall–Kier alpha value is -2.11. The third-order valence-electron chi connectivity index (χ3n) is 2.40. The van der Waals surface area contributed by atoms with Crippen LogP contribution in [0.5, 0.6) is 0 Å². The summed E-state index contributed by atoms with van der Waals surface area (Å²) in [5.74, 6) is -2.05. The maximum atomic E-state index is 13.4. The molecule has 2 amide bonds. The largest absolute Gasteiger partial charge is 0.478 e. The van der Waals surface area contributed by atoms with E-state index < -0.39 is 17.8 Å². The maximum absolute atomic E-state index is 13.4. The molecule has 1 fully saturated rings. The number of carbonyl (C=O) groups is 2. The SMILES string of the molecule is O=C(Nc1c(F)cccc1C(=O)O)NC1CC1. The minimum Gasteiger partial charge on any atom is -0.478 e. The van der Waals surface area contributed by atoms with Crippen LogP contribution in [0.25, 0.3) is 0 Å². The lowest BCUT2D eigenvalue weighted by Gasteiger charge is -2.10. The number of carboxylic acid groups (broad SMARTS) is 1. The monoisotopic (exact) mass is 238 g/mol. The Morgan fingerprint density at radius 2 is 2.06 bits per heavy atom. The molecule has 0 unspecified atom stereocenters. The molecule has 0 bridgehead atoms. The van der Waals surface area contributed by atoms with Crippen molar-refractivity contribution in [2.75, 3.05) is 5.32 Å². The van der Waals surface area contributed by atoms with Gasteiger partial charge in [0.05, 0.1) is 11.3 Å². The van der Waals surface area contributed by atoms with Crippen LogP contribution in [0.15, 0.2) is 18.2 Å². The standard InChI is InChI=1S/C11H11FN2O3/c12-8-3-1-2-7(10(15)16)9(8)14-11(17)13-6-4-5-6/h1-3,6H,4-5H2,(H,15,16)(H2,13,14,17). The number of hydrogen-bond acceptors (Lipinski definition) is 2.